The molecule has 6 heterocycles. The van der Waals surface area contributed by atoms with Crippen molar-refractivity contribution in [3.8, 4) is 0 Å². The van der Waals surface area contributed by atoms with Crippen LogP contribution in [-0.2, 0) is 17.7 Å². The maximum absolute atomic E-state index is 4.86. The van der Waals surface area contributed by atoms with Crippen LogP contribution in [0.15, 0.2) is 11.9 Å². The fourth-order valence-electron chi connectivity index (χ4n) is 0.719. The summed E-state index contributed by atoms with van der Waals surface area (Å²) in [6.07, 6.45) is 0. The molecule has 0 aromatic heterocycles. The molecule has 5 heteroatoms. The van der Waals surface area contributed by atoms with Gasteiger partial charge in [-0.25, -0.2) is 0 Å². The Morgan fingerprint density at radius 3 is 1.43 bits per heavy atom. The summed E-state index contributed by atoms with van der Waals surface area (Å²) in [5.41, 5.74) is 0. The van der Waals surface area contributed by atoms with Crippen LogP contribution in [0.3, 0.4) is 0 Å². The normalized spacial score (nSPS) is 33.1. The Morgan fingerprint density at radius 2 is 1.29 bits per heavy atom. The second-order valence-electron chi connectivity index (χ2n) is 1.48. The van der Waals surface area contributed by atoms with Crippen molar-refractivity contribution in [2.45, 2.75) is 0 Å². The zero-order valence-corrected chi connectivity index (χ0v) is 4.13. The predicted molar refractivity (Wildman–Crippen MR) is 17.1 cm³/mol. The van der Waals surface area contributed by atoms with Gasteiger partial charge in [0.15, 0.2) is 0 Å². The van der Waals surface area contributed by atoms with Crippen molar-refractivity contribution in [1.29, 1.82) is 0 Å². The summed E-state index contributed by atoms with van der Waals surface area (Å²) >= 11 is 0. The van der Waals surface area contributed by atoms with E-state index in [1.807, 2.05) is 0 Å². The van der Waals surface area contributed by atoms with Gasteiger partial charge in [-0.2, -0.15) is 0 Å². The second kappa shape index (κ2) is 0.388. The molecule has 6 rings (SSSR count). The lowest BCUT2D eigenvalue weighted by molar-refractivity contribution is -0.0664. The molecule has 0 aromatic rings. The van der Waals surface area contributed by atoms with E-state index in [0.29, 0.717) is 11.9 Å². The molecular weight excluding hydrogens is 116 g/mol. The van der Waals surface area contributed by atoms with Crippen molar-refractivity contribution < 1.29 is 17.7 Å². The van der Waals surface area contributed by atoms with Gasteiger partial charge in [-0.3, -0.25) is 0 Å². The Kier molecular flexibility index (Phi) is 0.136. The second-order valence-corrected chi connectivity index (χ2v) is 3.30. The Morgan fingerprint density at radius 1 is 0.857 bits per heavy atom. The highest BCUT2D eigenvalue weighted by Crippen LogP contribution is 2.52. The molecule has 4 nitrogen and oxygen atoms in total. The van der Waals surface area contributed by atoms with Gasteiger partial charge in [-0.05, 0) is 0 Å². The summed E-state index contributed by atoms with van der Waals surface area (Å²) in [7, 11) is -2.33. The third-order valence-electron chi connectivity index (χ3n) is 1.04. The molecule has 0 aromatic carbocycles. The maximum atomic E-state index is 4.86. The van der Waals surface area contributed by atoms with Crippen LogP contribution in [0.25, 0.3) is 0 Å². The van der Waals surface area contributed by atoms with E-state index in [-0.39, 0.29) is 0 Å². The monoisotopic (exact) mass is 116 g/mol. The first kappa shape index (κ1) is 2.46. The largest absolute Gasteiger partial charge is 0.975 e. The molecule has 1 spiro atoms. The van der Waals surface area contributed by atoms with Gasteiger partial charge in [0.25, 0.3) is 0 Å². The molecule has 2 saturated heterocycles. The molecule has 0 radical (unpaired) electrons. The van der Waals surface area contributed by atoms with Crippen LogP contribution >= 0.6 is 0 Å². The van der Waals surface area contributed by atoms with Gasteiger partial charge >= 0.3 is 20.9 Å². The van der Waals surface area contributed by atoms with Crippen LogP contribution in [0.4, 0.5) is 0 Å². The first-order valence-corrected chi connectivity index (χ1v) is 3.52. The summed E-state index contributed by atoms with van der Waals surface area (Å²) in [4.78, 5) is 0. The Hall–Kier alpha value is -0.843. The summed E-state index contributed by atoms with van der Waals surface area (Å²) in [5.74, 6) is 0.901. The number of hydrogen-bond donors (Lipinski definition) is 0. The summed E-state index contributed by atoms with van der Waals surface area (Å²) in [5, 5.41) is 0. The van der Waals surface area contributed by atoms with E-state index in [0.717, 1.165) is 0 Å². The highest BCUT2D eigenvalue weighted by molar-refractivity contribution is 6.61. The molecule has 0 amide bonds. The van der Waals surface area contributed by atoms with E-state index in [9.17, 15) is 0 Å². The molecule has 2 fully saturated rings. The van der Waals surface area contributed by atoms with Crippen molar-refractivity contribution in [1.82, 2.24) is 0 Å². The van der Waals surface area contributed by atoms with E-state index in [4.69, 9.17) is 17.7 Å². The van der Waals surface area contributed by atoms with E-state index >= 15 is 0 Å². The molecule has 0 unspecified atom stereocenters. The average Bonchev–Trinajstić information content (AvgIpc) is 1.66. The lowest BCUT2D eigenvalue weighted by Crippen LogP contribution is -2.52. The molecule has 7 heavy (non-hydrogen) atoms. The zero-order valence-electron chi connectivity index (χ0n) is 3.13. The zero-order chi connectivity index (χ0) is 4.48. The van der Waals surface area contributed by atoms with Crippen LogP contribution in [-0.4, -0.2) is 9.05 Å². The third-order valence-corrected chi connectivity index (χ3v) is 2.78. The van der Waals surface area contributed by atoms with Crippen molar-refractivity contribution in [3.05, 3.63) is 11.9 Å². The summed E-state index contributed by atoms with van der Waals surface area (Å²) < 4.78 is 19.5. The van der Waals surface area contributed by atoms with Crippen molar-refractivity contribution in [2.75, 3.05) is 0 Å². The SMILES string of the molecule is O1C2=C3O[Si]1(O2)O3. The quantitative estimate of drug-likeness (QED) is 0.405. The van der Waals surface area contributed by atoms with Gasteiger partial charge < -0.3 is 17.7 Å². The van der Waals surface area contributed by atoms with Crippen molar-refractivity contribution >= 4 is 9.05 Å². The van der Waals surface area contributed by atoms with Crippen LogP contribution < -0.4 is 0 Å². The summed E-state index contributed by atoms with van der Waals surface area (Å²) in [6, 6.07) is 0. The fraction of sp³-hybridized carbons (Fsp3) is 0. The molecule has 0 saturated carbocycles. The fourth-order valence-corrected chi connectivity index (χ4v) is 2.16. The first-order chi connectivity index (χ1) is 3.38. The standard InChI is InChI=1S/C2O4Si/c3-1-2-5-7(3,4-1)6-2. The van der Waals surface area contributed by atoms with Gasteiger partial charge in [0.05, 0.1) is 0 Å². The minimum absolute atomic E-state index is 0.451. The van der Waals surface area contributed by atoms with Crippen LogP contribution in [0.2, 0.25) is 0 Å². The third kappa shape index (κ3) is 0.0958. The molecule has 0 aliphatic carbocycles. The minimum Gasteiger partial charge on any atom is -0.418 e. The van der Waals surface area contributed by atoms with Crippen LogP contribution in [0.1, 0.15) is 0 Å². The molecule has 0 atom stereocenters. The molecular formula is C2O4Si. The van der Waals surface area contributed by atoms with Crippen LogP contribution in [0.5, 0.6) is 0 Å². The molecule has 6 aliphatic heterocycles. The van der Waals surface area contributed by atoms with E-state index in [1.54, 1.807) is 0 Å². The highest BCUT2D eigenvalue weighted by atomic mass is 28.4. The Labute approximate surface area is 39.7 Å². The van der Waals surface area contributed by atoms with Gasteiger partial charge in [-0.15, -0.1) is 0 Å². The average molecular weight is 116 g/mol. The first-order valence-electron chi connectivity index (χ1n) is 1.88. The predicted octanol–water partition coefficient (Wildman–Crippen LogP) is -0.344. The Balaban J connectivity index is 2.40. The van der Waals surface area contributed by atoms with Crippen molar-refractivity contribution in [2.24, 2.45) is 0 Å². The molecule has 3 bridgehead atoms. The lowest BCUT2D eigenvalue weighted by Gasteiger charge is -2.26. The molecule has 6 aliphatic rings. The maximum Gasteiger partial charge on any atom is 0.975 e. The summed E-state index contributed by atoms with van der Waals surface area (Å²) in [6.45, 7) is 0. The van der Waals surface area contributed by atoms with Gasteiger partial charge in [0, 0.05) is 0 Å². The van der Waals surface area contributed by atoms with Crippen LogP contribution in [0, 0.1) is 0 Å². The lowest BCUT2D eigenvalue weighted by atomic mass is 10.9. The van der Waals surface area contributed by atoms with E-state index in [2.05, 4.69) is 0 Å². The van der Waals surface area contributed by atoms with Gasteiger partial charge in [0.2, 0.25) is 0 Å². The smallest absolute Gasteiger partial charge is 0.418 e. The van der Waals surface area contributed by atoms with E-state index in [1.165, 1.54) is 0 Å². The Bertz CT molecular complexity index is 145. The van der Waals surface area contributed by atoms with Gasteiger partial charge in [-0.1, -0.05) is 0 Å². The van der Waals surface area contributed by atoms with Gasteiger partial charge in [0.1, 0.15) is 0 Å². The minimum atomic E-state index is -2.33. The molecule has 36 valence electrons. The topological polar surface area (TPSA) is 36.9 Å². The molecule has 0 N–H and O–H groups in total. The van der Waals surface area contributed by atoms with E-state index < -0.39 is 9.05 Å². The number of rotatable bonds is 0. The highest BCUT2D eigenvalue weighted by Gasteiger charge is 2.85. The van der Waals surface area contributed by atoms with Crippen molar-refractivity contribution in [3.63, 3.8) is 0 Å². The number of hydrogen-bond acceptors (Lipinski definition) is 4.